The van der Waals surface area contributed by atoms with E-state index >= 15 is 0 Å². The quantitative estimate of drug-likeness (QED) is 0.602. The van der Waals surface area contributed by atoms with Gasteiger partial charge in [0.2, 0.25) is 0 Å². The van der Waals surface area contributed by atoms with Gasteiger partial charge in [-0.05, 0) is 30.9 Å². The summed E-state index contributed by atoms with van der Waals surface area (Å²) in [7, 11) is 0. The molecule has 0 fully saturated rings. The average Bonchev–Trinajstić information content (AvgIpc) is 2.42. The van der Waals surface area contributed by atoms with E-state index in [2.05, 4.69) is 28.2 Å². The van der Waals surface area contributed by atoms with Crippen molar-refractivity contribution in [1.82, 2.24) is 5.32 Å². The number of alkyl halides is 4. The van der Waals surface area contributed by atoms with Gasteiger partial charge in [0.25, 0.3) is 5.91 Å². The van der Waals surface area contributed by atoms with Crippen molar-refractivity contribution in [3.05, 3.63) is 35.4 Å². The summed E-state index contributed by atoms with van der Waals surface area (Å²) in [5.74, 6) is -0.196. The molecule has 1 aromatic carbocycles. The minimum absolute atomic E-state index is 0.325. The Bertz CT molecular complexity index is 448. The lowest BCUT2D eigenvalue weighted by Crippen LogP contribution is -2.27. The highest BCUT2D eigenvalue weighted by atomic mass is 79.9. The number of hydrogen-bond acceptors (Lipinski definition) is 1. The lowest BCUT2D eigenvalue weighted by atomic mass is 10.1. The zero-order valence-corrected chi connectivity index (χ0v) is 12.7. The molecule has 0 saturated carbocycles. The SMILES string of the molecule is CC(CBr)CCCNC(=O)c1ccccc1C(F)(F)F. The summed E-state index contributed by atoms with van der Waals surface area (Å²) in [6, 6.07) is 4.81. The van der Waals surface area contributed by atoms with E-state index < -0.39 is 17.6 Å². The summed E-state index contributed by atoms with van der Waals surface area (Å²) in [5, 5.41) is 3.41. The number of rotatable bonds is 6. The molecule has 0 saturated heterocycles. The van der Waals surface area contributed by atoms with Crippen LogP contribution in [-0.4, -0.2) is 17.8 Å². The van der Waals surface area contributed by atoms with Crippen LogP contribution in [0.4, 0.5) is 13.2 Å². The minimum atomic E-state index is -4.52. The molecule has 6 heteroatoms. The van der Waals surface area contributed by atoms with Gasteiger partial charge >= 0.3 is 6.18 Å². The fourth-order valence-corrected chi connectivity index (χ4v) is 2.08. The monoisotopic (exact) mass is 351 g/mol. The van der Waals surface area contributed by atoms with E-state index in [0.29, 0.717) is 12.5 Å². The number of carbonyl (C=O) groups excluding carboxylic acids is 1. The van der Waals surface area contributed by atoms with E-state index in [1.807, 2.05) is 0 Å². The second-order valence-corrected chi connectivity index (χ2v) is 5.35. The van der Waals surface area contributed by atoms with Gasteiger partial charge in [0, 0.05) is 11.9 Å². The van der Waals surface area contributed by atoms with E-state index in [0.717, 1.165) is 24.2 Å². The summed E-state index contributed by atoms with van der Waals surface area (Å²) < 4.78 is 38.3. The third kappa shape index (κ3) is 5.15. The van der Waals surface area contributed by atoms with Gasteiger partial charge in [0.15, 0.2) is 0 Å². The molecule has 1 amide bonds. The topological polar surface area (TPSA) is 29.1 Å². The first-order valence-electron chi connectivity index (χ1n) is 6.36. The number of amides is 1. The molecule has 0 heterocycles. The lowest BCUT2D eigenvalue weighted by Gasteiger charge is -2.13. The van der Waals surface area contributed by atoms with E-state index in [-0.39, 0.29) is 5.56 Å². The first-order chi connectivity index (χ1) is 9.36. The highest BCUT2D eigenvalue weighted by molar-refractivity contribution is 9.09. The maximum absolute atomic E-state index is 12.8. The van der Waals surface area contributed by atoms with Crippen LogP contribution in [0, 0.1) is 5.92 Å². The Morgan fingerprint density at radius 3 is 2.60 bits per heavy atom. The third-order valence-electron chi connectivity index (χ3n) is 2.90. The van der Waals surface area contributed by atoms with Crippen LogP contribution in [0.25, 0.3) is 0 Å². The third-order valence-corrected chi connectivity index (χ3v) is 4.01. The van der Waals surface area contributed by atoms with Crippen molar-refractivity contribution in [2.45, 2.75) is 25.9 Å². The number of carbonyl (C=O) groups is 1. The summed E-state index contributed by atoms with van der Waals surface area (Å²) in [6.07, 6.45) is -2.86. The Labute approximate surface area is 124 Å². The molecule has 0 bridgehead atoms. The van der Waals surface area contributed by atoms with Crippen LogP contribution in [0.3, 0.4) is 0 Å². The van der Waals surface area contributed by atoms with Crippen molar-refractivity contribution in [2.24, 2.45) is 5.92 Å². The van der Waals surface area contributed by atoms with Crippen molar-refractivity contribution in [3.8, 4) is 0 Å². The number of benzene rings is 1. The lowest BCUT2D eigenvalue weighted by molar-refractivity contribution is -0.137. The molecule has 1 rings (SSSR count). The van der Waals surface area contributed by atoms with E-state index in [1.54, 1.807) is 0 Å². The predicted octanol–water partition coefficient (Wildman–Crippen LogP) is 4.25. The van der Waals surface area contributed by atoms with Gasteiger partial charge in [-0.1, -0.05) is 35.0 Å². The molecule has 0 aliphatic heterocycles. The average molecular weight is 352 g/mol. The van der Waals surface area contributed by atoms with E-state index in [9.17, 15) is 18.0 Å². The van der Waals surface area contributed by atoms with Crippen molar-refractivity contribution >= 4 is 21.8 Å². The van der Waals surface area contributed by atoms with Gasteiger partial charge < -0.3 is 5.32 Å². The van der Waals surface area contributed by atoms with Crippen LogP contribution in [0.5, 0.6) is 0 Å². The standard InChI is InChI=1S/C14H17BrF3NO/c1-10(9-15)5-4-8-19-13(20)11-6-2-3-7-12(11)14(16,17)18/h2-3,6-7,10H,4-5,8-9H2,1H3,(H,19,20). The number of nitrogens with one attached hydrogen (secondary N) is 1. The highest BCUT2D eigenvalue weighted by Gasteiger charge is 2.34. The van der Waals surface area contributed by atoms with Gasteiger partial charge in [-0.3, -0.25) is 4.79 Å². The summed E-state index contributed by atoms with van der Waals surface area (Å²) in [6.45, 7) is 2.44. The molecule has 2 nitrogen and oxygen atoms in total. The first kappa shape index (κ1) is 17.0. The molecule has 0 aliphatic rings. The zero-order valence-electron chi connectivity index (χ0n) is 11.1. The molecule has 1 unspecified atom stereocenters. The van der Waals surface area contributed by atoms with Crippen LogP contribution >= 0.6 is 15.9 Å². The molecular formula is C14H17BrF3NO. The zero-order chi connectivity index (χ0) is 15.2. The highest BCUT2D eigenvalue weighted by Crippen LogP contribution is 2.31. The number of hydrogen-bond donors (Lipinski definition) is 1. The van der Waals surface area contributed by atoms with E-state index in [4.69, 9.17) is 0 Å². The molecule has 20 heavy (non-hydrogen) atoms. The molecule has 1 N–H and O–H groups in total. The number of halogens is 4. The Hall–Kier alpha value is -1.04. The fourth-order valence-electron chi connectivity index (χ4n) is 1.75. The first-order valence-corrected chi connectivity index (χ1v) is 7.48. The maximum Gasteiger partial charge on any atom is 0.417 e. The van der Waals surface area contributed by atoms with Gasteiger partial charge in [0.1, 0.15) is 0 Å². The van der Waals surface area contributed by atoms with Crippen LogP contribution in [0.15, 0.2) is 24.3 Å². The molecule has 0 radical (unpaired) electrons. The molecule has 0 aromatic heterocycles. The Morgan fingerprint density at radius 1 is 1.35 bits per heavy atom. The Kier molecular flexibility index (Phi) is 6.52. The largest absolute Gasteiger partial charge is 0.417 e. The molecule has 112 valence electrons. The van der Waals surface area contributed by atoms with Crippen LogP contribution in [-0.2, 0) is 6.18 Å². The smallest absolute Gasteiger partial charge is 0.352 e. The van der Waals surface area contributed by atoms with Gasteiger partial charge in [0.05, 0.1) is 11.1 Å². The maximum atomic E-state index is 12.8. The van der Waals surface area contributed by atoms with Crippen molar-refractivity contribution in [2.75, 3.05) is 11.9 Å². The molecule has 1 atom stereocenters. The second kappa shape index (κ2) is 7.67. The van der Waals surface area contributed by atoms with Crippen molar-refractivity contribution in [1.29, 1.82) is 0 Å². The van der Waals surface area contributed by atoms with Crippen molar-refractivity contribution < 1.29 is 18.0 Å². The molecule has 0 aliphatic carbocycles. The van der Waals surface area contributed by atoms with E-state index in [1.165, 1.54) is 18.2 Å². The predicted molar refractivity (Wildman–Crippen MR) is 76.0 cm³/mol. The van der Waals surface area contributed by atoms with Gasteiger partial charge in [-0.15, -0.1) is 0 Å². The van der Waals surface area contributed by atoms with Crippen molar-refractivity contribution in [3.63, 3.8) is 0 Å². The summed E-state index contributed by atoms with van der Waals surface area (Å²) in [5.41, 5.74) is -1.22. The van der Waals surface area contributed by atoms with Gasteiger partial charge in [-0.2, -0.15) is 13.2 Å². The van der Waals surface area contributed by atoms with Crippen LogP contribution in [0.1, 0.15) is 35.7 Å². The molecule has 1 aromatic rings. The Morgan fingerprint density at radius 2 is 2.00 bits per heavy atom. The normalized spacial score (nSPS) is 13.1. The van der Waals surface area contributed by atoms with Crippen LogP contribution in [0.2, 0.25) is 0 Å². The fraction of sp³-hybridized carbons (Fsp3) is 0.500. The molecular weight excluding hydrogens is 335 g/mol. The minimum Gasteiger partial charge on any atom is -0.352 e. The van der Waals surface area contributed by atoms with Gasteiger partial charge in [-0.25, -0.2) is 0 Å². The Balaban J connectivity index is 2.60. The second-order valence-electron chi connectivity index (χ2n) is 4.70. The summed E-state index contributed by atoms with van der Waals surface area (Å²) in [4.78, 5) is 11.8. The summed E-state index contributed by atoms with van der Waals surface area (Å²) >= 11 is 3.35. The van der Waals surface area contributed by atoms with Crippen LogP contribution < -0.4 is 5.32 Å². The molecule has 0 spiro atoms.